The summed E-state index contributed by atoms with van der Waals surface area (Å²) in [6.45, 7) is 5.30. The lowest BCUT2D eigenvalue weighted by molar-refractivity contribution is 0.129. The highest BCUT2D eigenvalue weighted by Gasteiger charge is 2.00. The predicted octanol–water partition coefficient (Wildman–Crippen LogP) is 3.78. The van der Waals surface area contributed by atoms with Crippen LogP contribution in [0, 0.1) is 5.82 Å². The van der Waals surface area contributed by atoms with Crippen LogP contribution in [0.1, 0.15) is 31.7 Å². The van der Waals surface area contributed by atoms with Gasteiger partial charge in [0.25, 0.3) is 0 Å². The van der Waals surface area contributed by atoms with Crippen molar-refractivity contribution in [3.8, 4) is 0 Å². The molecule has 0 amide bonds. The second-order valence-corrected chi connectivity index (χ2v) is 4.65. The summed E-state index contributed by atoms with van der Waals surface area (Å²) in [6.07, 6.45) is 3.26. The second kappa shape index (κ2) is 9.31. The van der Waals surface area contributed by atoms with Crippen molar-refractivity contribution < 1.29 is 9.13 Å². The maximum atomic E-state index is 13.1. The first-order valence-electron chi connectivity index (χ1n) is 6.46. The van der Waals surface area contributed by atoms with Crippen LogP contribution >= 0.6 is 11.6 Å². The fraction of sp³-hybridized carbons (Fsp3) is 0.571. The van der Waals surface area contributed by atoms with E-state index < -0.39 is 0 Å². The molecule has 0 spiro atoms. The van der Waals surface area contributed by atoms with Crippen LogP contribution in [0.15, 0.2) is 18.2 Å². The minimum absolute atomic E-state index is 0.170. The zero-order chi connectivity index (χ0) is 13.2. The Labute approximate surface area is 113 Å². The molecule has 1 aromatic carbocycles. The van der Waals surface area contributed by atoms with E-state index in [1.54, 1.807) is 6.07 Å². The fourth-order valence-corrected chi connectivity index (χ4v) is 1.65. The molecule has 0 fully saturated rings. The third-order valence-corrected chi connectivity index (χ3v) is 2.90. The summed E-state index contributed by atoms with van der Waals surface area (Å²) in [4.78, 5) is 0. The molecule has 0 unspecified atom stereocenters. The number of rotatable bonds is 9. The summed E-state index contributed by atoms with van der Waals surface area (Å²) in [5.74, 6) is -0.362. The molecule has 0 bridgehead atoms. The summed E-state index contributed by atoms with van der Waals surface area (Å²) in [5.41, 5.74) is 0.906. The molecule has 0 atom stereocenters. The number of nitrogens with one attached hydrogen (secondary N) is 1. The standard InChI is InChI=1S/C14H21ClFNO/c1-2-3-8-18-9-4-7-17-11-12-5-6-13(15)14(16)10-12/h5-6,10,17H,2-4,7-9,11H2,1H3. The second-order valence-electron chi connectivity index (χ2n) is 4.24. The van der Waals surface area contributed by atoms with Gasteiger partial charge in [-0.2, -0.15) is 0 Å². The van der Waals surface area contributed by atoms with Gasteiger partial charge in [0.2, 0.25) is 0 Å². The van der Waals surface area contributed by atoms with Crippen LogP contribution in [0.25, 0.3) is 0 Å². The van der Waals surface area contributed by atoms with Crippen molar-refractivity contribution in [3.63, 3.8) is 0 Å². The molecule has 0 radical (unpaired) electrons. The maximum Gasteiger partial charge on any atom is 0.142 e. The van der Waals surface area contributed by atoms with Crippen LogP contribution in [0.4, 0.5) is 4.39 Å². The van der Waals surface area contributed by atoms with Gasteiger partial charge in [-0.3, -0.25) is 0 Å². The van der Waals surface area contributed by atoms with Crippen LogP contribution in [0.3, 0.4) is 0 Å². The summed E-state index contributed by atoms with van der Waals surface area (Å²) >= 11 is 5.61. The van der Waals surface area contributed by atoms with Crippen LogP contribution < -0.4 is 5.32 Å². The Morgan fingerprint density at radius 1 is 1.28 bits per heavy atom. The Hall–Kier alpha value is -0.640. The lowest BCUT2D eigenvalue weighted by Gasteiger charge is -2.06. The molecule has 4 heteroatoms. The lowest BCUT2D eigenvalue weighted by atomic mass is 10.2. The number of hydrogen-bond donors (Lipinski definition) is 1. The Morgan fingerprint density at radius 2 is 2.06 bits per heavy atom. The summed E-state index contributed by atoms with van der Waals surface area (Å²) in [6, 6.07) is 4.88. The molecule has 0 aliphatic carbocycles. The van der Waals surface area contributed by atoms with E-state index in [1.165, 1.54) is 12.5 Å². The van der Waals surface area contributed by atoms with Gasteiger partial charge in [-0.1, -0.05) is 31.0 Å². The Balaban J connectivity index is 2.05. The largest absolute Gasteiger partial charge is 0.381 e. The van der Waals surface area contributed by atoms with Gasteiger partial charge in [-0.05, 0) is 37.1 Å². The van der Waals surface area contributed by atoms with Crippen molar-refractivity contribution in [1.29, 1.82) is 0 Å². The van der Waals surface area contributed by atoms with Gasteiger partial charge in [-0.15, -0.1) is 0 Å². The number of benzene rings is 1. The number of hydrogen-bond acceptors (Lipinski definition) is 2. The van der Waals surface area contributed by atoms with Crippen LogP contribution in [0.5, 0.6) is 0 Å². The first-order chi connectivity index (χ1) is 8.74. The molecule has 0 saturated carbocycles. The van der Waals surface area contributed by atoms with Gasteiger partial charge < -0.3 is 10.1 Å². The quantitative estimate of drug-likeness (QED) is 0.692. The third kappa shape index (κ3) is 6.34. The van der Waals surface area contributed by atoms with Gasteiger partial charge in [0, 0.05) is 19.8 Å². The topological polar surface area (TPSA) is 21.3 Å². The van der Waals surface area contributed by atoms with Crippen molar-refractivity contribution >= 4 is 11.6 Å². The average Bonchev–Trinajstić information content (AvgIpc) is 2.37. The molecule has 2 nitrogen and oxygen atoms in total. The molecule has 1 aromatic rings. The highest BCUT2D eigenvalue weighted by molar-refractivity contribution is 6.30. The minimum Gasteiger partial charge on any atom is -0.381 e. The van der Waals surface area contributed by atoms with E-state index in [0.717, 1.165) is 38.2 Å². The van der Waals surface area contributed by atoms with Crippen LogP contribution in [0.2, 0.25) is 5.02 Å². The first kappa shape index (κ1) is 15.4. The van der Waals surface area contributed by atoms with Gasteiger partial charge in [0.05, 0.1) is 5.02 Å². The minimum atomic E-state index is -0.362. The molecule has 0 aliphatic rings. The van der Waals surface area contributed by atoms with Crippen LogP contribution in [-0.2, 0) is 11.3 Å². The monoisotopic (exact) mass is 273 g/mol. The van der Waals surface area contributed by atoms with E-state index in [0.29, 0.717) is 6.54 Å². The Morgan fingerprint density at radius 3 is 2.78 bits per heavy atom. The maximum absolute atomic E-state index is 13.1. The normalized spacial score (nSPS) is 10.8. The van der Waals surface area contributed by atoms with E-state index in [-0.39, 0.29) is 10.8 Å². The predicted molar refractivity (Wildman–Crippen MR) is 73.5 cm³/mol. The molecule has 0 aromatic heterocycles. The van der Waals surface area contributed by atoms with Crippen molar-refractivity contribution in [2.45, 2.75) is 32.7 Å². The number of halogens is 2. The SMILES string of the molecule is CCCCOCCCNCc1ccc(Cl)c(F)c1. The summed E-state index contributed by atoms with van der Waals surface area (Å²) < 4.78 is 18.6. The zero-order valence-electron chi connectivity index (χ0n) is 10.8. The summed E-state index contributed by atoms with van der Waals surface area (Å²) in [5, 5.41) is 3.42. The Bertz CT molecular complexity index is 347. The smallest absolute Gasteiger partial charge is 0.142 e. The molecule has 1 N–H and O–H groups in total. The molecular weight excluding hydrogens is 253 g/mol. The van der Waals surface area contributed by atoms with E-state index in [2.05, 4.69) is 12.2 Å². The molecule has 0 aliphatic heterocycles. The van der Waals surface area contributed by atoms with E-state index in [9.17, 15) is 4.39 Å². The van der Waals surface area contributed by atoms with E-state index in [1.807, 2.05) is 6.07 Å². The van der Waals surface area contributed by atoms with Crippen molar-refractivity contribution in [3.05, 3.63) is 34.6 Å². The number of unbranched alkanes of at least 4 members (excludes halogenated alkanes) is 1. The van der Waals surface area contributed by atoms with E-state index >= 15 is 0 Å². The highest BCUT2D eigenvalue weighted by atomic mass is 35.5. The van der Waals surface area contributed by atoms with Crippen molar-refractivity contribution in [2.24, 2.45) is 0 Å². The molecule has 0 heterocycles. The van der Waals surface area contributed by atoms with Crippen molar-refractivity contribution in [1.82, 2.24) is 5.32 Å². The van der Waals surface area contributed by atoms with E-state index in [4.69, 9.17) is 16.3 Å². The molecule has 1 rings (SSSR count). The lowest BCUT2D eigenvalue weighted by Crippen LogP contribution is -2.16. The van der Waals surface area contributed by atoms with Gasteiger partial charge >= 0.3 is 0 Å². The molecular formula is C14H21ClFNO. The van der Waals surface area contributed by atoms with Gasteiger partial charge in [-0.25, -0.2) is 4.39 Å². The third-order valence-electron chi connectivity index (χ3n) is 2.60. The Kier molecular flexibility index (Phi) is 7.98. The highest BCUT2D eigenvalue weighted by Crippen LogP contribution is 2.15. The fourth-order valence-electron chi connectivity index (χ4n) is 1.53. The molecule has 18 heavy (non-hydrogen) atoms. The van der Waals surface area contributed by atoms with Gasteiger partial charge in [0.15, 0.2) is 0 Å². The number of ether oxygens (including phenoxy) is 1. The van der Waals surface area contributed by atoms with Crippen molar-refractivity contribution in [2.75, 3.05) is 19.8 Å². The molecule has 0 saturated heterocycles. The van der Waals surface area contributed by atoms with Crippen LogP contribution in [-0.4, -0.2) is 19.8 Å². The first-order valence-corrected chi connectivity index (χ1v) is 6.84. The molecule has 102 valence electrons. The zero-order valence-corrected chi connectivity index (χ0v) is 11.6. The van der Waals surface area contributed by atoms with Gasteiger partial charge in [0.1, 0.15) is 5.82 Å². The summed E-state index contributed by atoms with van der Waals surface area (Å²) in [7, 11) is 0. The average molecular weight is 274 g/mol.